The Balaban J connectivity index is 3.66. The maximum Gasteiger partial charge on any atom is 0.460 e. The van der Waals surface area contributed by atoms with Crippen molar-refractivity contribution in [3.63, 3.8) is 0 Å². The van der Waals surface area contributed by atoms with Crippen LogP contribution in [0.1, 0.15) is 10.4 Å². The number of alkyl halides is 15. The van der Waals surface area contributed by atoms with E-state index < -0.39 is 76.6 Å². The molecule has 0 aromatic heterocycles. The Morgan fingerprint density at radius 2 is 1.13 bits per heavy atom. The zero-order valence-electron chi connectivity index (χ0n) is 17.3. The SMILES string of the molecule is COc1ccc(OC(F)=C(F)C(F)(F)C(F)(F)C(F)(F)C(F)(F)C(F)(F)C(F)(F)C(F)(F)F)c(C(=O)O)c1. The van der Waals surface area contributed by atoms with Gasteiger partial charge in [-0.05, 0) is 18.2 Å². The van der Waals surface area contributed by atoms with Crippen molar-refractivity contribution in [1.82, 2.24) is 0 Å². The number of hydrogen-bond donors (Lipinski definition) is 1. The number of methoxy groups -OCH3 is 1. The van der Waals surface area contributed by atoms with Gasteiger partial charge in [0.2, 0.25) is 5.83 Å². The van der Waals surface area contributed by atoms with Crippen LogP contribution >= 0.6 is 0 Å². The lowest BCUT2D eigenvalue weighted by Crippen LogP contribution is -2.72. The van der Waals surface area contributed by atoms with Gasteiger partial charge in [-0.1, -0.05) is 0 Å². The first-order valence-electron chi connectivity index (χ1n) is 8.65. The van der Waals surface area contributed by atoms with Gasteiger partial charge in [-0.3, -0.25) is 0 Å². The number of carboxylic acids is 1. The number of carboxylic acid groups (broad SMARTS) is 1. The van der Waals surface area contributed by atoms with Crippen LogP contribution in [0.3, 0.4) is 0 Å². The summed E-state index contributed by atoms with van der Waals surface area (Å²) >= 11 is 0. The number of allylic oxidation sites excluding steroid dienone is 1. The van der Waals surface area contributed by atoms with Gasteiger partial charge in [-0.2, -0.15) is 74.6 Å². The summed E-state index contributed by atoms with van der Waals surface area (Å²) in [6, 6.07) is -2.45. The van der Waals surface area contributed by atoms with Gasteiger partial charge in [-0.15, -0.1) is 0 Å². The van der Waals surface area contributed by atoms with E-state index in [1.165, 1.54) is 0 Å². The third-order valence-corrected chi connectivity index (χ3v) is 4.39. The van der Waals surface area contributed by atoms with Crippen LogP contribution in [0, 0.1) is 0 Å². The molecule has 0 aliphatic heterocycles. The topological polar surface area (TPSA) is 55.8 Å². The predicted octanol–water partition coefficient (Wildman–Crippen LogP) is 7.25. The molecule has 1 aromatic rings. The molecule has 0 aliphatic carbocycles. The first-order valence-corrected chi connectivity index (χ1v) is 8.65. The number of carbonyl (C=O) groups is 1. The Morgan fingerprint density at radius 3 is 1.53 bits per heavy atom. The first kappa shape index (κ1) is 32.9. The normalized spacial score (nSPS) is 15.2. The highest BCUT2D eigenvalue weighted by Crippen LogP contribution is 2.63. The molecule has 0 heterocycles. The molecule has 0 unspecified atom stereocenters. The highest BCUT2D eigenvalue weighted by Gasteiger charge is 2.93. The summed E-state index contributed by atoms with van der Waals surface area (Å²) in [6.45, 7) is 0. The molecule has 0 amide bonds. The summed E-state index contributed by atoms with van der Waals surface area (Å²) in [5.74, 6) is -59.0. The van der Waals surface area contributed by atoms with Gasteiger partial charge < -0.3 is 14.6 Å². The molecule has 1 rings (SSSR count). The summed E-state index contributed by atoms with van der Waals surface area (Å²) in [5, 5.41) is 8.89. The Bertz CT molecular complexity index is 1090. The van der Waals surface area contributed by atoms with Gasteiger partial charge in [0.1, 0.15) is 17.1 Å². The highest BCUT2D eigenvalue weighted by atomic mass is 19.4. The van der Waals surface area contributed by atoms with E-state index in [0.717, 1.165) is 7.11 Å². The van der Waals surface area contributed by atoms with Crippen molar-refractivity contribution in [3.8, 4) is 11.5 Å². The Morgan fingerprint density at radius 1 is 0.711 bits per heavy atom. The van der Waals surface area contributed by atoms with Crippen molar-refractivity contribution in [2.75, 3.05) is 7.11 Å². The molecule has 21 heteroatoms. The second kappa shape index (κ2) is 9.54. The second-order valence-electron chi connectivity index (χ2n) is 6.80. The maximum absolute atomic E-state index is 13.8. The van der Waals surface area contributed by atoms with Crippen LogP contribution in [0.5, 0.6) is 11.5 Å². The van der Waals surface area contributed by atoms with Crippen LogP contribution in [0.4, 0.5) is 74.6 Å². The number of rotatable bonds is 10. The largest absolute Gasteiger partial charge is 0.497 e. The minimum Gasteiger partial charge on any atom is -0.497 e. The fourth-order valence-electron chi connectivity index (χ4n) is 2.26. The molecule has 4 nitrogen and oxygen atoms in total. The first-order chi connectivity index (χ1) is 16.7. The lowest BCUT2D eigenvalue weighted by atomic mass is 9.91. The Hall–Kier alpha value is -3.16. The summed E-state index contributed by atoms with van der Waals surface area (Å²) in [6.07, 6.45) is -7.83. The molecule has 0 atom stereocenters. The van der Waals surface area contributed by atoms with Gasteiger partial charge in [0.05, 0.1) is 7.11 Å². The molecule has 0 spiro atoms. The lowest BCUT2D eigenvalue weighted by molar-refractivity contribution is -0.451. The van der Waals surface area contributed by atoms with Crippen molar-refractivity contribution in [2.45, 2.75) is 41.7 Å². The second-order valence-corrected chi connectivity index (χ2v) is 6.80. The average molecular weight is 598 g/mol. The molecular weight excluding hydrogens is 591 g/mol. The molecule has 0 fully saturated rings. The van der Waals surface area contributed by atoms with Crippen LogP contribution in [-0.4, -0.2) is 59.9 Å². The fraction of sp³-hybridized carbons (Fsp3) is 0.471. The standard InChI is InChI=1S/C17H7F17O4/c1-37-5-2-3-7(6(4-5)10(35)36)38-9(19)8(18)11(20,21)12(22,23)13(24,25)14(26,27)15(28,29)16(30,31)17(32,33)34/h2-4H,1H3,(H,35,36). The number of aromatic carboxylic acids is 1. The van der Waals surface area contributed by atoms with Crippen LogP contribution in [0.2, 0.25) is 0 Å². The zero-order chi connectivity index (χ0) is 30.5. The summed E-state index contributed by atoms with van der Waals surface area (Å²) in [7, 11) is 0.911. The molecular formula is C17H7F17O4. The minimum atomic E-state index is -8.71. The number of ether oxygens (including phenoxy) is 2. The van der Waals surface area contributed by atoms with E-state index in [0.29, 0.717) is 12.1 Å². The van der Waals surface area contributed by atoms with Crippen LogP contribution in [0.25, 0.3) is 0 Å². The number of halogens is 17. The maximum atomic E-state index is 13.8. The smallest absolute Gasteiger partial charge is 0.460 e. The minimum absolute atomic E-state index is 0.272. The van der Waals surface area contributed by atoms with Gasteiger partial charge in [-0.25, -0.2) is 4.79 Å². The molecule has 0 radical (unpaired) electrons. The van der Waals surface area contributed by atoms with Gasteiger partial charge >= 0.3 is 53.7 Å². The third-order valence-electron chi connectivity index (χ3n) is 4.39. The van der Waals surface area contributed by atoms with Crippen molar-refractivity contribution in [1.29, 1.82) is 0 Å². The molecule has 0 saturated heterocycles. The Kier molecular flexibility index (Phi) is 8.25. The van der Waals surface area contributed by atoms with E-state index in [2.05, 4.69) is 9.47 Å². The molecule has 0 aliphatic rings. The van der Waals surface area contributed by atoms with E-state index in [4.69, 9.17) is 5.11 Å². The van der Waals surface area contributed by atoms with Crippen molar-refractivity contribution < 1.29 is 94.0 Å². The van der Waals surface area contributed by atoms with Crippen LogP contribution in [0.15, 0.2) is 30.0 Å². The molecule has 38 heavy (non-hydrogen) atoms. The lowest BCUT2D eigenvalue weighted by Gasteiger charge is -2.41. The summed E-state index contributed by atoms with van der Waals surface area (Å²) < 4.78 is 232. The van der Waals surface area contributed by atoms with E-state index in [9.17, 15) is 79.4 Å². The van der Waals surface area contributed by atoms with Crippen molar-refractivity contribution in [3.05, 3.63) is 35.6 Å². The molecule has 1 N–H and O–H groups in total. The van der Waals surface area contributed by atoms with Gasteiger partial charge in [0, 0.05) is 0 Å². The third kappa shape index (κ3) is 4.74. The molecule has 1 aromatic carbocycles. The molecule has 218 valence electrons. The van der Waals surface area contributed by atoms with Crippen LogP contribution < -0.4 is 9.47 Å². The molecule has 0 saturated carbocycles. The molecule has 0 bridgehead atoms. The van der Waals surface area contributed by atoms with Crippen LogP contribution in [-0.2, 0) is 0 Å². The average Bonchev–Trinajstić information content (AvgIpc) is 2.76. The Labute approximate surface area is 197 Å². The fourth-order valence-corrected chi connectivity index (χ4v) is 2.26. The van der Waals surface area contributed by atoms with E-state index in [1.54, 1.807) is 0 Å². The number of benzene rings is 1. The quantitative estimate of drug-likeness (QED) is 0.228. The van der Waals surface area contributed by atoms with E-state index >= 15 is 0 Å². The summed E-state index contributed by atoms with van der Waals surface area (Å²) in [4.78, 5) is 11.1. The zero-order valence-corrected chi connectivity index (χ0v) is 17.3. The predicted molar refractivity (Wildman–Crippen MR) is 85.6 cm³/mol. The monoisotopic (exact) mass is 598 g/mol. The summed E-state index contributed by atoms with van der Waals surface area (Å²) in [5.41, 5.74) is -1.31. The van der Waals surface area contributed by atoms with Crippen molar-refractivity contribution >= 4 is 5.97 Å². The van der Waals surface area contributed by atoms with Gasteiger partial charge in [0.15, 0.2) is 0 Å². The highest BCUT2D eigenvalue weighted by molar-refractivity contribution is 5.91. The number of hydrogen-bond acceptors (Lipinski definition) is 3. The van der Waals surface area contributed by atoms with Gasteiger partial charge in [0.25, 0.3) is 0 Å². The van der Waals surface area contributed by atoms with Crippen molar-refractivity contribution in [2.24, 2.45) is 0 Å². The van der Waals surface area contributed by atoms with E-state index in [-0.39, 0.29) is 6.07 Å². The van der Waals surface area contributed by atoms with E-state index in [1.807, 2.05) is 0 Å².